The second kappa shape index (κ2) is 1.11. The second-order valence-corrected chi connectivity index (χ2v) is 2.42. The Morgan fingerprint density at radius 3 is 3.00 bits per heavy atom. The predicted octanol–water partition coefficient (Wildman–Crippen LogP) is 1.28. The van der Waals surface area contributed by atoms with E-state index in [4.69, 9.17) is 0 Å². The summed E-state index contributed by atoms with van der Waals surface area (Å²) in [4.78, 5) is 11.1. The Morgan fingerprint density at radius 2 is 2.50 bits per heavy atom. The van der Waals surface area contributed by atoms with Gasteiger partial charge >= 0.3 is 5.97 Å². The van der Waals surface area contributed by atoms with Crippen LogP contribution in [0.3, 0.4) is 0 Å². The van der Waals surface area contributed by atoms with E-state index in [1.165, 1.54) is 11.3 Å². The molecule has 0 unspecified atom stereocenters. The minimum atomic E-state index is -0.185. The molecule has 0 spiro atoms. The van der Waals surface area contributed by atoms with Crippen molar-refractivity contribution in [2.75, 3.05) is 0 Å². The summed E-state index contributed by atoms with van der Waals surface area (Å²) in [7, 11) is 0. The number of esters is 1. The molecule has 0 amide bonds. The van der Waals surface area contributed by atoms with Crippen LogP contribution < -0.4 is 4.74 Å². The summed E-state index contributed by atoms with van der Waals surface area (Å²) in [6, 6.07) is 1.79. The van der Waals surface area contributed by atoms with Crippen molar-refractivity contribution in [3.63, 3.8) is 0 Å². The summed E-state index contributed by atoms with van der Waals surface area (Å²) in [5.74, 6) is 0.551. The molecule has 0 atom stereocenters. The molecule has 0 aromatic carbocycles. The molecule has 40 valence electrons. The topological polar surface area (TPSA) is 26.3 Å². The smallest absolute Gasteiger partial charge is 0.357 e. The molecule has 0 fully saturated rings. The zero-order valence-electron chi connectivity index (χ0n) is 3.88. The van der Waals surface area contributed by atoms with Crippen LogP contribution >= 0.6 is 11.3 Å². The van der Waals surface area contributed by atoms with Gasteiger partial charge < -0.3 is 4.74 Å². The van der Waals surface area contributed by atoms with Crippen molar-refractivity contribution in [1.82, 2.24) is 0 Å². The van der Waals surface area contributed by atoms with E-state index in [2.05, 4.69) is 4.74 Å². The maximum Gasteiger partial charge on any atom is 0.357 e. The van der Waals surface area contributed by atoms with Crippen LogP contribution in [0.1, 0.15) is 9.67 Å². The average Bonchev–Trinajstić information content (AvgIpc) is 2.09. The highest BCUT2D eigenvalue weighted by Crippen LogP contribution is 2.33. The number of fused-ring (bicyclic) bond motifs is 1. The van der Waals surface area contributed by atoms with E-state index >= 15 is 0 Å². The number of hydrogen-bond acceptors (Lipinski definition) is 3. The second-order valence-electron chi connectivity index (χ2n) is 1.50. The van der Waals surface area contributed by atoms with E-state index in [9.17, 15) is 4.79 Å². The molecule has 0 N–H and O–H groups in total. The molecule has 3 heteroatoms. The summed E-state index contributed by atoms with van der Waals surface area (Å²) >= 11 is 1.42. The Labute approximate surface area is 49.7 Å². The maximum absolute atomic E-state index is 10.4. The first-order chi connectivity index (χ1) is 3.88. The van der Waals surface area contributed by atoms with E-state index in [0.29, 0.717) is 0 Å². The molecule has 2 rings (SSSR count). The molecule has 2 nitrogen and oxygen atoms in total. The lowest BCUT2D eigenvalue weighted by Gasteiger charge is -2.09. The van der Waals surface area contributed by atoms with Gasteiger partial charge in [-0.05, 0) is 11.4 Å². The molecule has 1 aliphatic rings. The van der Waals surface area contributed by atoms with E-state index in [1.807, 2.05) is 5.38 Å². The highest BCUT2D eigenvalue weighted by atomic mass is 32.1. The third kappa shape index (κ3) is 0.305. The van der Waals surface area contributed by atoms with Crippen LogP contribution in [0.5, 0.6) is 5.75 Å². The quantitative estimate of drug-likeness (QED) is 0.489. The van der Waals surface area contributed by atoms with E-state index in [-0.39, 0.29) is 5.97 Å². The minimum absolute atomic E-state index is 0.185. The first kappa shape index (κ1) is 4.09. The molecule has 1 aromatic rings. The van der Waals surface area contributed by atoms with E-state index in [0.717, 1.165) is 10.6 Å². The molecule has 8 heavy (non-hydrogen) atoms. The molecule has 2 heterocycles. The molecular weight excluding hydrogens is 124 g/mol. The fourth-order valence-electron chi connectivity index (χ4n) is 0.627. The van der Waals surface area contributed by atoms with Gasteiger partial charge in [0.15, 0.2) is 10.6 Å². The van der Waals surface area contributed by atoms with E-state index < -0.39 is 0 Å². The Morgan fingerprint density at radius 1 is 1.62 bits per heavy atom. The molecule has 0 saturated heterocycles. The van der Waals surface area contributed by atoms with Crippen molar-refractivity contribution in [3.8, 4) is 5.75 Å². The Hall–Kier alpha value is -0.830. The van der Waals surface area contributed by atoms with Crippen molar-refractivity contribution in [2.45, 2.75) is 0 Å². The van der Waals surface area contributed by atoms with Crippen molar-refractivity contribution in [1.29, 1.82) is 0 Å². The van der Waals surface area contributed by atoms with Crippen LogP contribution in [0, 0.1) is 0 Å². The van der Waals surface area contributed by atoms with Gasteiger partial charge in [0.2, 0.25) is 0 Å². The van der Waals surface area contributed by atoms with Crippen LogP contribution in [0.25, 0.3) is 0 Å². The lowest BCUT2D eigenvalue weighted by atomic mass is 10.3. The summed E-state index contributed by atoms with van der Waals surface area (Å²) in [5.41, 5.74) is 0. The van der Waals surface area contributed by atoms with Gasteiger partial charge in [0.25, 0.3) is 0 Å². The zero-order chi connectivity index (χ0) is 5.56. The normalized spacial score (nSPS) is 14.2. The fraction of sp³-hybridized carbons (Fsp3) is 0. The summed E-state index contributed by atoms with van der Waals surface area (Å²) in [6.45, 7) is 0. The van der Waals surface area contributed by atoms with Crippen LogP contribution in [-0.4, -0.2) is 5.97 Å². The molecule has 1 aliphatic heterocycles. The molecule has 1 aromatic heterocycles. The van der Waals surface area contributed by atoms with Crippen molar-refractivity contribution < 1.29 is 9.53 Å². The van der Waals surface area contributed by atoms with Crippen molar-refractivity contribution >= 4 is 17.3 Å². The highest BCUT2D eigenvalue weighted by molar-refractivity contribution is 7.12. The SMILES string of the molecule is O=C1Oc2ccsc21. The fourth-order valence-corrected chi connectivity index (χ4v) is 1.32. The standard InChI is InChI=1S/C5H2O2S/c6-5-4-3(7-5)1-2-8-4/h1-2H. The van der Waals surface area contributed by atoms with Crippen LogP contribution in [0.15, 0.2) is 11.4 Å². The number of carbonyl (C=O) groups excluding carboxylic acids is 1. The molecule has 0 aliphatic carbocycles. The van der Waals surface area contributed by atoms with Gasteiger partial charge in [-0.25, -0.2) is 4.79 Å². The zero-order valence-corrected chi connectivity index (χ0v) is 4.70. The maximum atomic E-state index is 10.4. The third-order valence-electron chi connectivity index (χ3n) is 1.02. The highest BCUT2D eigenvalue weighted by Gasteiger charge is 2.26. The van der Waals surface area contributed by atoms with Gasteiger partial charge in [-0.2, -0.15) is 0 Å². The molecule has 0 saturated carbocycles. The summed E-state index contributed by atoms with van der Waals surface area (Å²) in [5, 5.41) is 1.84. The van der Waals surface area contributed by atoms with Crippen molar-refractivity contribution in [2.24, 2.45) is 0 Å². The number of rotatable bonds is 0. The Balaban J connectivity index is 2.68. The third-order valence-corrected chi connectivity index (χ3v) is 1.89. The molecular formula is C5H2O2S. The van der Waals surface area contributed by atoms with Gasteiger partial charge in [-0.15, -0.1) is 11.3 Å². The Bertz CT molecular complexity index is 238. The first-order valence-corrected chi connectivity index (χ1v) is 3.05. The lowest BCUT2D eigenvalue weighted by Crippen LogP contribution is -2.17. The number of thiophene rings is 1. The first-order valence-electron chi connectivity index (χ1n) is 2.17. The van der Waals surface area contributed by atoms with E-state index in [1.54, 1.807) is 6.07 Å². The largest absolute Gasteiger partial charge is 0.420 e. The molecule has 0 radical (unpaired) electrons. The minimum Gasteiger partial charge on any atom is -0.420 e. The lowest BCUT2D eigenvalue weighted by molar-refractivity contribution is 0.0669. The Kier molecular flexibility index (Phi) is 0.569. The average molecular weight is 126 g/mol. The van der Waals surface area contributed by atoms with Gasteiger partial charge in [-0.1, -0.05) is 0 Å². The van der Waals surface area contributed by atoms with Crippen LogP contribution in [0.2, 0.25) is 0 Å². The monoisotopic (exact) mass is 126 g/mol. The number of hydrogen-bond donors (Lipinski definition) is 0. The number of ether oxygens (including phenoxy) is 1. The van der Waals surface area contributed by atoms with Crippen LogP contribution in [0.4, 0.5) is 0 Å². The van der Waals surface area contributed by atoms with Crippen LogP contribution in [-0.2, 0) is 0 Å². The summed E-state index contributed by atoms with van der Waals surface area (Å²) in [6.07, 6.45) is 0. The predicted molar refractivity (Wildman–Crippen MR) is 29.3 cm³/mol. The van der Waals surface area contributed by atoms with Gasteiger partial charge in [0.1, 0.15) is 0 Å². The van der Waals surface area contributed by atoms with Gasteiger partial charge in [0.05, 0.1) is 0 Å². The van der Waals surface area contributed by atoms with Crippen molar-refractivity contribution in [3.05, 3.63) is 16.3 Å². The summed E-state index contributed by atoms with van der Waals surface area (Å²) < 4.78 is 4.60. The number of carbonyl (C=O) groups is 1. The molecule has 0 bridgehead atoms. The van der Waals surface area contributed by atoms with Gasteiger partial charge in [0, 0.05) is 0 Å². The van der Waals surface area contributed by atoms with Gasteiger partial charge in [-0.3, -0.25) is 0 Å².